The predicted octanol–water partition coefficient (Wildman–Crippen LogP) is 5.78. The highest BCUT2D eigenvalue weighted by atomic mass is 35.5. The Morgan fingerprint density at radius 2 is 1.86 bits per heavy atom. The molecule has 0 unspecified atom stereocenters. The molecule has 192 valence electrons. The van der Waals surface area contributed by atoms with E-state index in [1.807, 2.05) is 38.1 Å². The van der Waals surface area contributed by atoms with Crippen molar-refractivity contribution in [3.8, 4) is 17.0 Å². The fourth-order valence-corrected chi connectivity index (χ4v) is 4.25. The van der Waals surface area contributed by atoms with E-state index in [2.05, 4.69) is 29.9 Å². The van der Waals surface area contributed by atoms with Crippen molar-refractivity contribution in [1.29, 1.82) is 0 Å². The first-order valence-corrected chi connectivity index (χ1v) is 12.7. The summed E-state index contributed by atoms with van der Waals surface area (Å²) in [5.41, 5.74) is 3.34. The van der Waals surface area contributed by atoms with E-state index in [0.29, 0.717) is 29.2 Å². The van der Waals surface area contributed by atoms with E-state index in [4.69, 9.17) is 21.3 Å². The topological polar surface area (TPSA) is 93.4 Å². The molecule has 2 N–H and O–H groups in total. The van der Waals surface area contributed by atoms with Crippen LogP contribution in [0.4, 0.5) is 0 Å². The maximum atomic E-state index is 12.9. The first-order chi connectivity index (χ1) is 17.2. The van der Waals surface area contributed by atoms with E-state index in [1.54, 1.807) is 18.2 Å². The van der Waals surface area contributed by atoms with Crippen molar-refractivity contribution in [3.05, 3.63) is 70.6 Å². The number of aromatic nitrogens is 2. The first-order valence-electron chi connectivity index (χ1n) is 12.3. The van der Waals surface area contributed by atoms with Crippen molar-refractivity contribution >= 4 is 23.5 Å². The van der Waals surface area contributed by atoms with Crippen LogP contribution < -0.4 is 10.1 Å². The van der Waals surface area contributed by atoms with Crippen LogP contribution >= 0.6 is 11.6 Å². The number of carboxylic acid groups (broad SMARTS) is 1. The van der Waals surface area contributed by atoms with Crippen molar-refractivity contribution in [2.24, 2.45) is 0 Å². The SMILES string of the molecule is CCc1nc(-c2ccc(C[C@@H](CCC(=O)O)NC(=O)c3ccc(OC(C)C)c(Cl)c3)cc2)cn1CC. The Morgan fingerprint density at radius 1 is 1.14 bits per heavy atom. The normalized spacial score (nSPS) is 11.9. The van der Waals surface area contributed by atoms with E-state index >= 15 is 0 Å². The Bertz CT molecular complexity index is 1170. The van der Waals surface area contributed by atoms with Crippen LogP contribution in [0.2, 0.25) is 5.02 Å². The summed E-state index contributed by atoms with van der Waals surface area (Å²) in [5.74, 6) is 0.357. The lowest BCUT2D eigenvalue weighted by Crippen LogP contribution is -2.37. The molecule has 2 aromatic carbocycles. The molecule has 7 nitrogen and oxygen atoms in total. The number of imidazole rings is 1. The molecule has 36 heavy (non-hydrogen) atoms. The molecule has 3 aromatic rings. The number of aliphatic carboxylic acids is 1. The molecule has 0 bridgehead atoms. The van der Waals surface area contributed by atoms with Gasteiger partial charge in [0.15, 0.2) is 0 Å². The Labute approximate surface area is 217 Å². The Balaban J connectivity index is 1.73. The van der Waals surface area contributed by atoms with Crippen LogP contribution in [0.1, 0.15) is 62.3 Å². The van der Waals surface area contributed by atoms with E-state index < -0.39 is 5.97 Å². The van der Waals surface area contributed by atoms with Gasteiger partial charge < -0.3 is 19.7 Å². The Hall–Kier alpha value is -3.32. The van der Waals surface area contributed by atoms with E-state index in [0.717, 1.165) is 35.6 Å². The summed E-state index contributed by atoms with van der Waals surface area (Å²) in [6.45, 7) is 8.86. The molecule has 1 atom stereocenters. The summed E-state index contributed by atoms with van der Waals surface area (Å²) in [6.07, 6.45) is 3.67. The van der Waals surface area contributed by atoms with Gasteiger partial charge in [0.2, 0.25) is 0 Å². The highest BCUT2D eigenvalue weighted by Gasteiger charge is 2.18. The number of carbonyl (C=O) groups excluding carboxylic acids is 1. The highest BCUT2D eigenvalue weighted by Crippen LogP contribution is 2.27. The second kappa shape index (κ2) is 12.6. The van der Waals surface area contributed by atoms with E-state index in [1.165, 1.54) is 0 Å². The van der Waals surface area contributed by atoms with Crippen LogP contribution in [0.25, 0.3) is 11.3 Å². The number of benzene rings is 2. The minimum atomic E-state index is -0.902. The second-order valence-electron chi connectivity index (χ2n) is 9.00. The summed E-state index contributed by atoms with van der Waals surface area (Å²) in [7, 11) is 0. The lowest BCUT2D eigenvalue weighted by molar-refractivity contribution is -0.137. The van der Waals surface area contributed by atoms with Gasteiger partial charge in [-0.1, -0.05) is 42.8 Å². The van der Waals surface area contributed by atoms with Crippen molar-refractivity contribution in [3.63, 3.8) is 0 Å². The predicted molar refractivity (Wildman–Crippen MR) is 142 cm³/mol. The number of hydrogen-bond acceptors (Lipinski definition) is 4. The molecule has 0 aliphatic heterocycles. The van der Waals surface area contributed by atoms with Gasteiger partial charge in [0, 0.05) is 42.8 Å². The van der Waals surface area contributed by atoms with Crippen LogP contribution in [0, 0.1) is 0 Å². The number of halogens is 1. The third-order valence-electron chi connectivity index (χ3n) is 5.85. The summed E-state index contributed by atoms with van der Waals surface area (Å²) in [5, 5.41) is 12.5. The van der Waals surface area contributed by atoms with Crippen molar-refractivity contribution in [1.82, 2.24) is 14.9 Å². The molecule has 0 radical (unpaired) electrons. The fourth-order valence-electron chi connectivity index (χ4n) is 4.03. The van der Waals surface area contributed by atoms with Gasteiger partial charge in [0.05, 0.1) is 16.8 Å². The number of amides is 1. The standard InChI is InChI=1S/C28H34ClN3O4/c1-5-26-31-24(17-32(26)6-2)20-9-7-19(8-10-20)15-22(12-14-27(33)34)30-28(35)21-11-13-25(23(29)16-21)36-18(3)4/h7-11,13,16-18,22H,5-6,12,14-15H2,1-4H3,(H,30,35)(H,33,34)/t22-/m1/s1. The first kappa shape index (κ1) is 27.3. The molecule has 3 rings (SSSR count). The molecule has 1 aromatic heterocycles. The number of rotatable bonds is 12. The number of ether oxygens (including phenoxy) is 1. The molecule has 1 heterocycles. The number of aryl methyl sites for hydroxylation is 2. The zero-order valence-corrected chi connectivity index (χ0v) is 22.0. The number of hydrogen-bond donors (Lipinski definition) is 2. The molecule has 1 amide bonds. The quantitative estimate of drug-likeness (QED) is 0.321. The van der Waals surface area contributed by atoms with Gasteiger partial charge in [-0.15, -0.1) is 0 Å². The average molecular weight is 512 g/mol. The minimum Gasteiger partial charge on any atom is -0.489 e. The van der Waals surface area contributed by atoms with Gasteiger partial charge in [0.25, 0.3) is 5.91 Å². The zero-order chi connectivity index (χ0) is 26.2. The summed E-state index contributed by atoms with van der Waals surface area (Å²) >= 11 is 6.29. The number of nitrogens with zero attached hydrogens (tertiary/aromatic N) is 2. The highest BCUT2D eigenvalue weighted by molar-refractivity contribution is 6.32. The molecular formula is C28H34ClN3O4. The van der Waals surface area contributed by atoms with Gasteiger partial charge in [-0.25, -0.2) is 4.98 Å². The van der Waals surface area contributed by atoms with Gasteiger partial charge in [-0.3, -0.25) is 9.59 Å². The number of carbonyl (C=O) groups is 2. The maximum absolute atomic E-state index is 12.9. The van der Waals surface area contributed by atoms with E-state index in [9.17, 15) is 14.7 Å². The van der Waals surface area contributed by atoms with Crippen LogP contribution in [-0.4, -0.2) is 38.7 Å². The summed E-state index contributed by atoms with van der Waals surface area (Å²) in [6, 6.07) is 12.6. The number of nitrogens with one attached hydrogen (secondary N) is 1. The molecule has 0 fully saturated rings. The molecule has 8 heteroatoms. The smallest absolute Gasteiger partial charge is 0.303 e. The molecule has 0 saturated heterocycles. The largest absolute Gasteiger partial charge is 0.489 e. The van der Waals surface area contributed by atoms with Crippen LogP contribution in [-0.2, 0) is 24.2 Å². The van der Waals surface area contributed by atoms with E-state index in [-0.39, 0.29) is 24.5 Å². The van der Waals surface area contributed by atoms with Gasteiger partial charge >= 0.3 is 5.97 Å². The molecule has 0 aliphatic carbocycles. The summed E-state index contributed by atoms with van der Waals surface area (Å²) in [4.78, 5) is 28.9. The lowest BCUT2D eigenvalue weighted by atomic mass is 9.99. The van der Waals surface area contributed by atoms with Crippen LogP contribution in [0.5, 0.6) is 5.75 Å². The monoisotopic (exact) mass is 511 g/mol. The molecule has 0 aliphatic rings. The molecular weight excluding hydrogens is 478 g/mol. The third-order valence-corrected chi connectivity index (χ3v) is 6.14. The lowest BCUT2D eigenvalue weighted by Gasteiger charge is -2.19. The second-order valence-corrected chi connectivity index (χ2v) is 9.40. The van der Waals surface area contributed by atoms with Crippen molar-refractivity contribution < 1.29 is 19.4 Å². The van der Waals surface area contributed by atoms with Gasteiger partial charge in [-0.05, 0) is 57.4 Å². The Kier molecular flexibility index (Phi) is 9.53. The van der Waals surface area contributed by atoms with Crippen LogP contribution in [0.15, 0.2) is 48.7 Å². The molecule has 0 spiro atoms. The van der Waals surface area contributed by atoms with Gasteiger partial charge in [0.1, 0.15) is 11.6 Å². The van der Waals surface area contributed by atoms with Crippen molar-refractivity contribution in [2.45, 2.75) is 72.1 Å². The van der Waals surface area contributed by atoms with Crippen molar-refractivity contribution in [2.75, 3.05) is 0 Å². The third kappa shape index (κ3) is 7.34. The average Bonchev–Trinajstić information content (AvgIpc) is 3.27. The zero-order valence-electron chi connectivity index (χ0n) is 21.3. The fraction of sp³-hybridized carbons (Fsp3) is 0.393. The summed E-state index contributed by atoms with van der Waals surface area (Å²) < 4.78 is 7.78. The Morgan fingerprint density at radius 3 is 2.42 bits per heavy atom. The van der Waals surface area contributed by atoms with Crippen LogP contribution in [0.3, 0.4) is 0 Å². The minimum absolute atomic E-state index is 0.0370. The molecule has 0 saturated carbocycles. The maximum Gasteiger partial charge on any atom is 0.303 e. The van der Waals surface area contributed by atoms with Gasteiger partial charge in [-0.2, -0.15) is 0 Å². The number of carboxylic acids is 1.